The van der Waals surface area contributed by atoms with Gasteiger partial charge >= 0.3 is 6.09 Å². The zero-order chi connectivity index (χ0) is 17.4. The molecule has 1 amide bonds. The molecule has 2 fully saturated rings. The lowest BCUT2D eigenvalue weighted by molar-refractivity contribution is 0.0473. The van der Waals surface area contributed by atoms with Gasteiger partial charge in [-0.1, -0.05) is 0 Å². The van der Waals surface area contributed by atoms with Crippen molar-refractivity contribution in [1.29, 1.82) is 0 Å². The van der Waals surface area contributed by atoms with Crippen LogP contribution >= 0.6 is 0 Å². The van der Waals surface area contributed by atoms with E-state index >= 15 is 0 Å². The highest BCUT2D eigenvalue weighted by Gasteiger charge is 2.41. The molecular formula is C18H27N5O2. The van der Waals surface area contributed by atoms with Gasteiger partial charge in [-0.05, 0) is 38.5 Å². The number of hydrogen-bond acceptors (Lipinski definition) is 6. The summed E-state index contributed by atoms with van der Waals surface area (Å²) in [5.74, 6) is 1.89. The van der Waals surface area contributed by atoms with E-state index in [0.717, 1.165) is 57.0 Å². The fourth-order valence-corrected chi connectivity index (χ4v) is 4.18. The monoisotopic (exact) mass is 345 g/mol. The van der Waals surface area contributed by atoms with Gasteiger partial charge in [0, 0.05) is 39.2 Å². The van der Waals surface area contributed by atoms with Crippen LogP contribution in [-0.4, -0.2) is 55.4 Å². The molecule has 2 saturated heterocycles. The molecule has 1 aromatic rings. The van der Waals surface area contributed by atoms with E-state index in [-0.39, 0.29) is 11.7 Å². The smallest absolute Gasteiger partial charge is 0.407 e. The van der Waals surface area contributed by atoms with Crippen LogP contribution in [0.5, 0.6) is 0 Å². The number of aryl methyl sites for hydroxylation is 1. The first-order valence-corrected chi connectivity index (χ1v) is 9.35. The molecule has 7 nitrogen and oxygen atoms in total. The molecule has 0 radical (unpaired) electrons. The number of anilines is 2. The minimum atomic E-state index is -0.330. The average molecular weight is 345 g/mol. The second kappa shape index (κ2) is 6.35. The molecule has 0 saturated carbocycles. The van der Waals surface area contributed by atoms with Crippen molar-refractivity contribution < 1.29 is 9.53 Å². The maximum absolute atomic E-state index is 11.5. The molecule has 1 atom stereocenters. The highest BCUT2D eigenvalue weighted by molar-refractivity contribution is 5.70. The lowest BCUT2D eigenvalue weighted by Crippen LogP contribution is -2.35. The van der Waals surface area contributed by atoms with Crippen LogP contribution in [0.4, 0.5) is 16.6 Å². The minimum absolute atomic E-state index is 0.275. The van der Waals surface area contributed by atoms with Crippen molar-refractivity contribution in [1.82, 2.24) is 15.3 Å². The summed E-state index contributed by atoms with van der Waals surface area (Å²) < 4.78 is 5.61. The molecule has 1 N–H and O–H groups in total. The van der Waals surface area contributed by atoms with Gasteiger partial charge in [0.05, 0.1) is 12.2 Å². The molecule has 1 aliphatic carbocycles. The Kier molecular flexibility index (Phi) is 4.17. The fraction of sp³-hybridized carbons (Fsp3) is 0.722. The molecule has 25 heavy (non-hydrogen) atoms. The predicted octanol–water partition coefficient (Wildman–Crippen LogP) is 1.89. The molecule has 3 heterocycles. The van der Waals surface area contributed by atoms with Gasteiger partial charge in [0.15, 0.2) is 0 Å². The molecule has 0 aromatic carbocycles. The summed E-state index contributed by atoms with van der Waals surface area (Å²) in [4.78, 5) is 25.6. The molecule has 4 rings (SSSR count). The summed E-state index contributed by atoms with van der Waals surface area (Å²) in [6, 6.07) is 0. The topological polar surface area (TPSA) is 70.6 Å². The number of nitrogens with zero attached hydrogens (tertiary/aromatic N) is 4. The quantitative estimate of drug-likeness (QED) is 0.883. The number of nitrogens with one attached hydrogen (secondary N) is 1. The fourth-order valence-electron chi connectivity index (χ4n) is 4.18. The Hall–Kier alpha value is -2.05. The van der Waals surface area contributed by atoms with Gasteiger partial charge in [0.1, 0.15) is 11.4 Å². The van der Waals surface area contributed by atoms with E-state index in [0.29, 0.717) is 6.54 Å². The first-order valence-electron chi connectivity index (χ1n) is 9.35. The standard InChI is InChI=1S/C18H27N5O2/c1-22(2)16-20-14-7-4-3-6-13(14)15(21-16)23-10-5-8-18(9-11-23)12-19-17(24)25-18/h3-12H2,1-2H3,(H,19,24)/t18-/m0/s1. The highest BCUT2D eigenvalue weighted by atomic mass is 16.6. The zero-order valence-electron chi connectivity index (χ0n) is 15.2. The zero-order valence-corrected chi connectivity index (χ0v) is 15.2. The number of aromatic nitrogens is 2. The number of fused-ring (bicyclic) bond motifs is 1. The lowest BCUT2D eigenvalue weighted by atomic mass is 9.95. The summed E-state index contributed by atoms with van der Waals surface area (Å²) in [6.07, 6.45) is 7.03. The van der Waals surface area contributed by atoms with E-state index in [1.54, 1.807) is 0 Å². The molecule has 1 spiro atoms. The van der Waals surface area contributed by atoms with E-state index in [4.69, 9.17) is 14.7 Å². The number of alkyl carbamates (subject to hydrolysis) is 1. The summed E-state index contributed by atoms with van der Waals surface area (Å²) in [5, 5.41) is 2.82. The molecule has 1 aromatic heterocycles. The van der Waals surface area contributed by atoms with Crippen LogP contribution in [0.2, 0.25) is 0 Å². The van der Waals surface area contributed by atoms with Crippen molar-refractivity contribution in [3.8, 4) is 0 Å². The summed E-state index contributed by atoms with van der Waals surface area (Å²) in [5.41, 5.74) is 2.21. The minimum Gasteiger partial charge on any atom is -0.441 e. The van der Waals surface area contributed by atoms with Crippen LogP contribution in [0, 0.1) is 0 Å². The van der Waals surface area contributed by atoms with Crippen LogP contribution in [0.15, 0.2) is 0 Å². The van der Waals surface area contributed by atoms with Gasteiger partial charge in [0.25, 0.3) is 0 Å². The number of amides is 1. The second-order valence-electron chi connectivity index (χ2n) is 7.64. The third-order valence-electron chi connectivity index (χ3n) is 5.61. The Bertz CT molecular complexity index is 678. The Morgan fingerprint density at radius 3 is 2.72 bits per heavy atom. The van der Waals surface area contributed by atoms with Crippen molar-refractivity contribution in [3.63, 3.8) is 0 Å². The Morgan fingerprint density at radius 2 is 1.96 bits per heavy atom. The maximum atomic E-state index is 11.5. The van der Waals surface area contributed by atoms with Crippen LogP contribution < -0.4 is 15.1 Å². The number of ether oxygens (including phenoxy) is 1. The molecule has 136 valence electrons. The van der Waals surface area contributed by atoms with E-state index in [1.165, 1.54) is 24.1 Å². The third-order valence-corrected chi connectivity index (χ3v) is 5.61. The van der Waals surface area contributed by atoms with E-state index in [2.05, 4.69) is 10.2 Å². The van der Waals surface area contributed by atoms with Gasteiger partial charge < -0.3 is 19.9 Å². The molecular weight excluding hydrogens is 318 g/mol. The number of carbonyl (C=O) groups excluding carboxylic acids is 1. The van der Waals surface area contributed by atoms with Crippen molar-refractivity contribution in [2.24, 2.45) is 0 Å². The third kappa shape index (κ3) is 3.12. The SMILES string of the molecule is CN(C)c1nc2c(c(N3CCC[C@]4(CC3)CNC(=O)O4)n1)CCCC2. The van der Waals surface area contributed by atoms with Crippen molar-refractivity contribution in [2.75, 3.05) is 43.5 Å². The Labute approximate surface area is 148 Å². The first kappa shape index (κ1) is 16.4. The molecule has 0 unspecified atom stereocenters. The Morgan fingerprint density at radius 1 is 1.12 bits per heavy atom. The van der Waals surface area contributed by atoms with Gasteiger partial charge in [0.2, 0.25) is 5.95 Å². The van der Waals surface area contributed by atoms with E-state index in [1.807, 2.05) is 19.0 Å². The van der Waals surface area contributed by atoms with Gasteiger partial charge in [-0.2, -0.15) is 4.98 Å². The lowest BCUT2D eigenvalue weighted by Gasteiger charge is -2.29. The van der Waals surface area contributed by atoms with E-state index < -0.39 is 0 Å². The Balaban J connectivity index is 1.62. The number of rotatable bonds is 2. The van der Waals surface area contributed by atoms with Crippen molar-refractivity contribution in [2.45, 2.75) is 50.5 Å². The summed E-state index contributed by atoms with van der Waals surface area (Å²) in [6.45, 7) is 2.45. The van der Waals surface area contributed by atoms with Crippen molar-refractivity contribution in [3.05, 3.63) is 11.3 Å². The molecule has 0 bridgehead atoms. The van der Waals surface area contributed by atoms with E-state index in [9.17, 15) is 4.79 Å². The molecule has 2 aliphatic heterocycles. The second-order valence-corrected chi connectivity index (χ2v) is 7.64. The van der Waals surface area contributed by atoms with Crippen LogP contribution in [-0.2, 0) is 17.6 Å². The van der Waals surface area contributed by atoms with Gasteiger partial charge in [-0.25, -0.2) is 9.78 Å². The normalized spacial score (nSPS) is 26.0. The van der Waals surface area contributed by atoms with Gasteiger partial charge in [-0.15, -0.1) is 0 Å². The molecule has 3 aliphatic rings. The predicted molar refractivity (Wildman–Crippen MR) is 96.3 cm³/mol. The average Bonchev–Trinajstić information content (AvgIpc) is 2.85. The maximum Gasteiger partial charge on any atom is 0.407 e. The summed E-state index contributed by atoms with van der Waals surface area (Å²) in [7, 11) is 3.99. The van der Waals surface area contributed by atoms with Crippen LogP contribution in [0.1, 0.15) is 43.4 Å². The highest BCUT2D eigenvalue weighted by Crippen LogP contribution is 2.34. The van der Waals surface area contributed by atoms with Crippen LogP contribution in [0.25, 0.3) is 0 Å². The first-order chi connectivity index (χ1) is 12.1. The summed E-state index contributed by atoms with van der Waals surface area (Å²) >= 11 is 0. The largest absolute Gasteiger partial charge is 0.441 e. The van der Waals surface area contributed by atoms with Crippen molar-refractivity contribution >= 4 is 17.9 Å². The van der Waals surface area contributed by atoms with Crippen LogP contribution in [0.3, 0.4) is 0 Å². The number of hydrogen-bond donors (Lipinski definition) is 1. The van der Waals surface area contributed by atoms with Gasteiger partial charge in [-0.3, -0.25) is 0 Å². The number of carbonyl (C=O) groups is 1. The molecule has 7 heteroatoms.